The molecule has 1 atom stereocenters. The van der Waals surface area contributed by atoms with Crippen molar-refractivity contribution >= 4 is 5.91 Å². The van der Waals surface area contributed by atoms with Gasteiger partial charge in [0, 0.05) is 13.2 Å². The number of amides is 1. The highest BCUT2D eigenvalue weighted by Gasteiger charge is 2.15. The first kappa shape index (κ1) is 12.2. The van der Waals surface area contributed by atoms with E-state index in [2.05, 4.69) is 20.4 Å². The number of aromatic nitrogens is 4. The molecule has 94 valence electrons. The van der Waals surface area contributed by atoms with E-state index in [1.165, 1.54) is 12.5 Å². The number of nitrogens with zero attached hydrogens (tertiary/aromatic N) is 4. The first-order valence-corrected chi connectivity index (χ1v) is 5.33. The van der Waals surface area contributed by atoms with E-state index in [0.29, 0.717) is 5.82 Å². The van der Waals surface area contributed by atoms with Crippen molar-refractivity contribution in [2.75, 3.05) is 0 Å². The smallest absolute Gasteiger partial charge is 0.253 e. The molecule has 0 spiro atoms. The molecule has 0 aliphatic carbocycles. The van der Waals surface area contributed by atoms with Crippen molar-refractivity contribution in [3.63, 3.8) is 0 Å². The largest absolute Gasteiger partial charge is 0.342 e. The predicted octanol–water partition coefficient (Wildman–Crippen LogP) is 0.840. The van der Waals surface area contributed by atoms with E-state index in [0.717, 1.165) is 12.3 Å². The quantitative estimate of drug-likeness (QED) is 0.874. The molecule has 1 amide bonds. The van der Waals surface area contributed by atoms with Crippen molar-refractivity contribution in [2.45, 2.75) is 13.0 Å². The zero-order valence-corrected chi connectivity index (χ0v) is 9.96. The third-order valence-electron chi connectivity index (χ3n) is 2.45. The predicted molar refractivity (Wildman–Crippen MR) is 61.1 cm³/mol. The van der Waals surface area contributed by atoms with Gasteiger partial charge in [0.1, 0.15) is 18.0 Å². The fraction of sp³-hybridized carbons (Fsp3) is 0.273. The number of aryl methyl sites for hydroxylation is 1. The average Bonchev–Trinajstić information content (AvgIpc) is 2.75. The maximum atomic E-state index is 12.9. The molecule has 18 heavy (non-hydrogen) atoms. The molecule has 1 N–H and O–H groups in total. The van der Waals surface area contributed by atoms with Gasteiger partial charge < -0.3 is 5.32 Å². The van der Waals surface area contributed by atoms with Crippen LogP contribution in [-0.4, -0.2) is 25.7 Å². The lowest BCUT2D eigenvalue weighted by molar-refractivity contribution is 0.0937. The zero-order valence-electron chi connectivity index (χ0n) is 9.96. The number of carbonyl (C=O) groups is 1. The minimum Gasteiger partial charge on any atom is -0.342 e. The van der Waals surface area contributed by atoms with Crippen LogP contribution in [0.3, 0.4) is 0 Å². The minimum atomic E-state index is -0.547. The third kappa shape index (κ3) is 2.50. The van der Waals surface area contributed by atoms with Crippen LogP contribution in [0.5, 0.6) is 0 Å². The van der Waals surface area contributed by atoms with Gasteiger partial charge in [0.25, 0.3) is 5.91 Å². The topological polar surface area (TPSA) is 72.7 Å². The second kappa shape index (κ2) is 4.91. The van der Waals surface area contributed by atoms with Gasteiger partial charge in [0.2, 0.25) is 0 Å². The highest BCUT2D eigenvalue weighted by atomic mass is 19.1. The molecule has 0 fully saturated rings. The molecule has 7 heteroatoms. The van der Waals surface area contributed by atoms with Gasteiger partial charge >= 0.3 is 0 Å². The summed E-state index contributed by atoms with van der Waals surface area (Å²) in [6.07, 6.45) is 3.76. The van der Waals surface area contributed by atoms with Crippen LogP contribution in [-0.2, 0) is 7.05 Å². The van der Waals surface area contributed by atoms with E-state index < -0.39 is 11.7 Å². The average molecular weight is 249 g/mol. The van der Waals surface area contributed by atoms with Gasteiger partial charge in [-0.05, 0) is 13.0 Å². The van der Waals surface area contributed by atoms with Crippen molar-refractivity contribution in [3.8, 4) is 0 Å². The normalized spacial score (nSPS) is 12.2. The molecule has 2 aromatic heterocycles. The molecule has 1 unspecified atom stereocenters. The minimum absolute atomic E-state index is 0.170. The number of halogens is 1. The molecule has 0 saturated carbocycles. The Morgan fingerprint density at radius 2 is 2.28 bits per heavy atom. The van der Waals surface area contributed by atoms with Crippen LogP contribution < -0.4 is 5.32 Å². The van der Waals surface area contributed by atoms with Crippen molar-refractivity contribution < 1.29 is 9.18 Å². The number of hydrogen-bond acceptors (Lipinski definition) is 4. The Labute approximate surface area is 103 Å². The molecule has 2 aromatic rings. The van der Waals surface area contributed by atoms with E-state index >= 15 is 0 Å². The van der Waals surface area contributed by atoms with Crippen molar-refractivity contribution in [2.24, 2.45) is 7.05 Å². The Bertz CT molecular complexity index is 568. The Kier molecular flexibility index (Phi) is 3.31. The summed E-state index contributed by atoms with van der Waals surface area (Å²) in [6, 6.07) is 0.805. The summed E-state index contributed by atoms with van der Waals surface area (Å²) in [5.74, 6) is -0.334. The second-order valence-electron chi connectivity index (χ2n) is 3.83. The van der Waals surface area contributed by atoms with Crippen molar-refractivity contribution in [3.05, 3.63) is 42.0 Å². The number of rotatable bonds is 3. The SMILES string of the molecule is CC(NC(=O)c1cncc(F)c1)c1ncnn1C. The molecule has 0 aliphatic heterocycles. The summed E-state index contributed by atoms with van der Waals surface area (Å²) in [7, 11) is 1.73. The lowest BCUT2D eigenvalue weighted by atomic mass is 10.2. The number of pyridine rings is 1. The van der Waals surface area contributed by atoms with Crippen LogP contribution in [0.25, 0.3) is 0 Å². The summed E-state index contributed by atoms with van der Waals surface area (Å²) in [5.41, 5.74) is 0.170. The molecular formula is C11H12FN5O. The summed E-state index contributed by atoms with van der Waals surface area (Å²) >= 11 is 0. The molecule has 6 nitrogen and oxygen atoms in total. The van der Waals surface area contributed by atoms with Crippen molar-refractivity contribution in [1.82, 2.24) is 25.1 Å². The van der Waals surface area contributed by atoms with Gasteiger partial charge in [-0.25, -0.2) is 9.37 Å². The zero-order chi connectivity index (χ0) is 13.1. The van der Waals surface area contributed by atoms with E-state index in [1.807, 2.05) is 0 Å². The van der Waals surface area contributed by atoms with Crippen LogP contribution in [0.15, 0.2) is 24.8 Å². The Morgan fingerprint density at radius 3 is 2.89 bits per heavy atom. The number of carbonyl (C=O) groups excluding carboxylic acids is 1. The molecule has 0 aromatic carbocycles. The van der Waals surface area contributed by atoms with Gasteiger partial charge in [-0.2, -0.15) is 5.10 Å². The van der Waals surface area contributed by atoms with Gasteiger partial charge in [-0.1, -0.05) is 0 Å². The van der Waals surface area contributed by atoms with Crippen LogP contribution in [0, 0.1) is 5.82 Å². The lowest BCUT2D eigenvalue weighted by Gasteiger charge is -2.12. The fourth-order valence-electron chi connectivity index (χ4n) is 1.58. The molecule has 0 radical (unpaired) electrons. The second-order valence-corrected chi connectivity index (χ2v) is 3.83. The van der Waals surface area contributed by atoms with E-state index in [1.54, 1.807) is 18.7 Å². The molecule has 0 aliphatic rings. The van der Waals surface area contributed by atoms with Gasteiger partial charge in [0.05, 0.1) is 17.8 Å². The lowest BCUT2D eigenvalue weighted by Crippen LogP contribution is -2.28. The summed E-state index contributed by atoms with van der Waals surface area (Å²) < 4.78 is 14.5. The van der Waals surface area contributed by atoms with E-state index in [-0.39, 0.29) is 11.6 Å². The highest BCUT2D eigenvalue weighted by Crippen LogP contribution is 2.09. The summed E-state index contributed by atoms with van der Waals surface area (Å²) in [4.78, 5) is 19.5. The molecule has 0 bridgehead atoms. The van der Waals surface area contributed by atoms with Gasteiger partial charge in [0.15, 0.2) is 0 Å². The van der Waals surface area contributed by atoms with Gasteiger partial charge in [-0.15, -0.1) is 0 Å². The Hall–Kier alpha value is -2.31. The summed E-state index contributed by atoms with van der Waals surface area (Å²) in [5, 5.41) is 6.61. The number of nitrogens with one attached hydrogen (secondary N) is 1. The highest BCUT2D eigenvalue weighted by molar-refractivity contribution is 5.94. The van der Waals surface area contributed by atoms with E-state index in [4.69, 9.17) is 0 Å². The molecule has 0 saturated heterocycles. The monoisotopic (exact) mass is 249 g/mol. The number of hydrogen-bond donors (Lipinski definition) is 1. The van der Waals surface area contributed by atoms with Crippen LogP contribution in [0.2, 0.25) is 0 Å². The van der Waals surface area contributed by atoms with Crippen LogP contribution in [0.1, 0.15) is 29.1 Å². The van der Waals surface area contributed by atoms with Gasteiger partial charge in [-0.3, -0.25) is 14.5 Å². The maximum absolute atomic E-state index is 12.9. The fourth-order valence-corrected chi connectivity index (χ4v) is 1.58. The van der Waals surface area contributed by atoms with Crippen molar-refractivity contribution in [1.29, 1.82) is 0 Å². The third-order valence-corrected chi connectivity index (χ3v) is 2.45. The first-order valence-electron chi connectivity index (χ1n) is 5.33. The van der Waals surface area contributed by atoms with Crippen LogP contribution >= 0.6 is 0 Å². The molecule has 2 rings (SSSR count). The maximum Gasteiger partial charge on any atom is 0.253 e. The first-order chi connectivity index (χ1) is 8.58. The Morgan fingerprint density at radius 1 is 1.50 bits per heavy atom. The summed E-state index contributed by atoms with van der Waals surface area (Å²) in [6.45, 7) is 1.77. The van der Waals surface area contributed by atoms with E-state index in [9.17, 15) is 9.18 Å². The van der Waals surface area contributed by atoms with Crippen LogP contribution in [0.4, 0.5) is 4.39 Å². The Balaban J connectivity index is 2.10. The standard InChI is InChI=1S/C11H12FN5O/c1-7(10-14-6-15-17(10)2)16-11(18)8-3-9(12)5-13-4-8/h3-7H,1-2H3,(H,16,18). The molecular weight excluding hydrogens is 237 g/mol. The molecule has 2 heterocycles.